The molecule has 0 aliphatic carbocycles. The number of ether oxygens (including phenoxy) is 1. The fourth-order valence-electron chi connectivity index (χ4n) is 3.46. The Kier molecular flexibility index (Phi) is 4.74. The van der Waals surface area contributed by atoms with E-state index >= 15 is 0 Å². The first-order valence-electron chi connectivity index (χ1n) is 8.50. The number of halogens is 1. The summed E-state index contributed by atoms with van der Waals surface area (Å²) in [4.78, 5) is 7.02. The van der Waals surface area contributed by atoms with Crippen LogP contribution >= 0.6 is 15.9 Å². The van der Waals surface area contributed by atoms with Crippen LogP contribution in [-0.4, -0.2) is 47.3 Å². The number of hydrogen-bond acceptors (Lipinski definition) is 4. The van der Waals surface area contributed by atoms with Gasteiger partial charge in [0.15, 0.2) is 0 Å². The molecule has 2 heterocycles. The molecule has 5 nitrogen and oxygen atoms in total. The number of aromatic nitrogens is 2. The normalized spacial score (nSPS) is 17.0. The first kappa shape index (κ1) is 16.6. The SMILES string of the molecule is Nc1nc2cc(Br)ccc2n1C(CN1CCOCC1)c1ccccc1. The average Bonchev–Trinajstić information content (AvgIpc) is 2.96. The van der Waals surface area contributed by atoms with Crippen molar-refractivity contribution in [2.24, 2.45) is 0 Å². The van der Waals surface area contributed by atoms with Crippen molar-refractivity contribution in [3.8, 4) is 0 Å². The zero-order valence-electron chi connectivity index (χ0n) is 13.9. The zero-order valence-corrected chi connectivity index (χ0v) is 15.5. The third-order valence-electron chi connectivity index (χ3n) is 4.71. The first-order chi connectivity index (χ1) is 12.2. The Morgan fingerprint density at radius 2 is 1.88 bits per heavy atom. The Bertz CT molecular complexity index is 858. The van der Waals surface area contributed by atoms with Gasteiger partial charge in [0.05, 0.1) is 30.3 Å². The minimum absolute atomic E-state index is 0.116. The van der Waals surface area contributed by atoms with Gasteiger partial charge in [-0.2, -0.15) is 0 Å². The van der Waals surface area contributed by atoms with Crippen LogP contribution in [0.5, 0.6) is 0 Å². The number of nitrogen functional groups attached to an aromatic ring is 1. The highest BCUT2D eigenvalue weighted by Crippen LogP contribution is 2.30. The number of rotatable bonds is 4. The summed E-state index contributed by atoms with van der Waals surface area (Å²) < 4.78 is 8.66. The second-order valence-electron chi connectivity index (χ2n) is 6.31. The lowest BCUT2D eigenvalue weighted by Crippen LogP contribution is -2.40. The lowest BCUT2D eigenvalue weighted by Gasteiger charge is -2.32. The summed E-state index contributed by atoms with van der Waals surface area (Å²) in [6.45, 7) is 4.35. The van der Waals surface area contributed by atoms with Gasteiger partial charge in [-0.05, 0) is 23.8 Å². The summed E-state index contributed by atoms with van der Waals surface area (Å²) in [6.07, 6.45) is 0. The first-order valence-corrected chi connectivity index (χ1v) is 9.29. The number of hydrogen-bond donors (Lipinski definition) is 1. The Hall–Kier alpha value is -1.89. The quantitative estimate of drug-likeness (QED) is 0.729. The van der Waals surface area contributed by atoms with E-state index in [0.717, 1.165) is 48.4 Å². The summed E-state index contributed by atoms with van der Waals surface area (Å²) >= 11 is 3.52. The van der Waals surface area contributed by atoms with E-state index in [9.17, 15) is 0 Å². The Morgan fingerprint density at radius 3 is 2.64 bits per heavy atom. The van der Waals surface area contributed by atoms with Crippen LogP contribution in [0.25, 0.3) is 11.0 Å². The summed E-state index contributed by atoms with van der Waals surface area (Å²) in [5, 5.41) is 0. The molecule has 4 rings (SSSR count). The number of nitrogens with zero attached hydrogens (tertiary/aromatic N) is 3. The third-order valence-corrected chi connectivity index (χ3v) is 5.20. The largest absolute Gasteiger partial charge is 0.379 e. The highest BCUT2D eigenvalue weighted by molar-refractivity contribution is 9.10. The van der Waals surface area contributed by atoms with Crippen LogP contribution in [0.3, 0.4) is 0 Å². The smallest absolute Gasteiger partial charge is 0.201 e. The molecule has 0 bridgehead atoms. The lowest BCUT2D eigenvalue weighted by atomic mass is 10.1. The van der Waals surface area contributed by atoms with E-state index in [2.05, 4.69) is 60.7 Å². The molecule has 1 unspecified atom stereocenters. The molecule has 2 aromatic carbocycles. The lowest BCUT2D eigenvalue weighted by molar-refractivity contribution is 0.0339. The third kappa shape index (κ3) is 3.42. The van der Waals surface area contributed by atoms with Crippen LogP contribution in [0.2, 0.25) is 0 Å². The Labute approximate surface area is 155 Å². The number of anilines is 1. The van der Waals surface area contributed by atoms with Crippen molar-refractivity contribution in [3.05, 3.63) is 58.6 Å². The van der Waals surface area contributed by atoms with Gasteiger partial charge in [0.25, 0.3) is 0 Å². The Balaban J connectivity index is 1.79. The van der Waals surface area contributed by atoms with Crippen molar-refractivity contribution in [2.45, 2.75) is 6.04 Å². The molecule has 1 aromatic heterocycles. The second-order valence-corrected chi connectivity index (χ2v) is 7.23. The van der Waals surface area contributed by atoms with Gasteiger partial charge in [-0.15, -0.1) is 0 Å². The number of nitrogens with two attached hydrogens (primary N) is 1. The van der Waals surface area contributed by atoms with E-state index in [1.54, 1.807) is 0 Å². The molecular weight excluding hydrogens is 380 g/mol. The maximum atomic E-state index is 6.34. The van der Waals surface area contributed by atoms with Crippen LogP contribution in [0.4, 0.5) is 5.95 Å². The second kappa shape index (κ2) is 7.15. The standard InChI is InChI=1S/C19H21BrN4O/c20-15-6-7-17-16(12-15)22-19(21)24(17)18(14-4-2-1-3-5-14)13-23-8-10-25-11-9-23/h1-7,12,18H,8-11,13H2,(H2,21,22). The van der Waals surface area contributed by atoms with E-state index in [-0.39, 0.29) is 6.04 Å². The minimum atomic E-state index is 0.116. The predicted molar refractivity (Wildman–Crippen MR) is 104 cm³/mol. The Morgan fingerprint density at radius 1 is 1.12 bits per heavy atom. The number of morpholine rings is 1. The molecule has 25 heavy (non-hydrogen) atoms. The number of fused-ring (bicyclic) bond motifs is 1. The monoisotopic (exact) mass is 400 g/mol. The maximum Gasteiger partial charge on any atom is 0.201 e. The van der Waals surface area contributed by atoms with E-state index in [1.165, 1.54) is 5.56 Å². The molecule has 1 fully saturated rings. The molecule has 1 aliphatic heterocycles. The van der Waals surface area contributed by atoms with Gasteiger partial charge < -0.3 is 15.0 Å². The molecule has 3 aromatic rings. The molecular formula is C19H21BrN4O. The van der Waals surface area contributed by atoms with Crippen LogP contribution in [0.1, 0.15) is 11.6 Å². The summed E-state index contributed by atoms with van der Waals surface area (Å²) in [6, 6.07) is 16.8. The molecule has 0 radical (unpaired) electrons. The molecule has 0 amide bonds. The van der Waals surface area contributed by atoms with Gasteiger partial charge in [-0.1, -0.05) is 46.3 Å². The van der Waals surface area contributed by atoms with E-state index in [1.807, 2.05) is 18.2 Å². The van der Waals surface area contributed by atoms with Crippen molar-refractivity contribution < 1.29 is 4.74 Å². The van der Waals surface area contributed by atoms with E-state index in [0.29, 0.717) is 5.95 Å². The maximum absolute atomic E-state index is 6.34. The van der Waals surface area contributed by atoms with Crippen molar-refractivity contribution in [1.29, 1.82) is 0 Å². The summed E-state index contributed by atoms with van der Waals surface area (Å²) in [5.74, 6) is 0.551. The predicted octanol–water partition coefficient (Wildman–Crippen LogP) is 3.30. The zero-order chi connectivity index (χ0) is 17.2. The fraction of sp³-hybridized carbons (Fsp3) is 0.316. The summed E-state index contributed by atoms with van der Waals surface area (Å²) in [5.41, 5.74) is 9.55. The van der Waals surface area contributed by atoms with Gasteiger partial charge in [0, 0.05) is 24.1 Å². The highest BCUT2D eigenvalue weighted by atomic mass is 79.9. The number of imidazole rings is 1. The van der Waals surface area contributed by atoms with Crippen LogP contribution in [0.15, 0.2) is 53.0 Å². The van der Waals surface area contributed by atoms with Crippen molar-refractivity contribution in [1.82, 2.24) is 14.5 Å². The molecule has 0 spiro atoms. The molecule has 6 heteroatoms. The van der Waals surface area contributed by atoms with Crippen molar-refractivity contribution >= 4 is 32.9 Å². The van der Waals surface area contributed by atoms with Crippen molar-refractivity contribution in [2.75, 3.05) is 38.6 Å². The number of benzene rings is 2. The average molecular weight is 401 g/mol. The van der Waals surface area contributed by atoms with Gasteiger partial charge in [-0.25, -0.2) is 4.98 Å². The highest BCUT2D eigenvalue weighted by Gasteiger charge is 2.23. The van der Waals surface area contributed by atoms with E-state index < -0.39 is 0 Å². The van der Waals surface area contributed by atoms with Crippen LogP contribution in [-0.2, 0) is 4.74 Å². The van der Waals surface area contributed by atoms with Crippen molar-refractivity contribution in [3.63, 3.8) is 0 Å². The molecule has 1 saturated heterocycles. The van der Waals surface area contributed by atoms with E-state index in [4.69, 9.17) is 10.5 Å². The molecule has 1 aliphatic rings. The fourth-order valence-corrected chi connectivity index (χ4v) is 3.81. The minimum Gasteiger partial charge on any atom is -0.379 e. The van der Waals surface area contributed by atoms with Gasteiger partial charge >= 0.3 is 0 Å². The van der Waals surface area contributed by atoms with Crippen LogP contribution < -0.4 is 5.73 Å². The van der Waals surface area contributed by atoms with Crippen LogP contribution in [0, 0.1) is 0 Å². The molecule has 130 valence electrons. The van der Waals surface area contributed by atoms with Gasteiger partial charge in [-0.3, -0.25) is 4.90 Å². The molecule has 1 atom stereocenters. The topological polar surface area (TPSA) is 56.3 Å². The van der Waals surface area contributed by atoms with Gasteiger partial charge in [0.2, 0.25) is 5.95 Å². The molecule has 0 saturated carbocycles. The molecule has 2 N–H and O–H groups in total. The van der Waals surface area contributed by atoms with Gasteiger partial charge in [0.1, 0.15) is 0 Å². The summed E-state index contributed by atoms with van der Waals surface area (Å²) in [7, 11) is 0.